The summed E-state index contributed by atoms with van der Waals surface area (Å²) in [6.07, 6.45) is -4.34. The van der Waals surface area contributed by atoms with Gasteiger partial charge in [0.15, 0.2) is 6.61 Å². The lowest BCUT2D eigenvalue weighted by Gasteiger charge is -2.09. The van der Waals surface area contributed by atoms with E-state index in [0.717, 1.165) is 11.3 Å². The number of aromatic nitrogens is 4. The van der Waals surface area contributed by atoms with Crippen molar-refractivity contribution in [1.29, 1.82) is 0 Å². The van der Waals surface area contributed by atoms with E-state index in [9.17, 15) is 13.2 Å². The van der Waals surface area contributed by atoms with E-state index in [1.807, 2.05) is 30.3 Å². The molecule has 0 bridgehead atoms. The van der Waals surface area contributed by atoms with E-state index in [4.69, 9.17) is 0 Å². The minimum absolute atomic E-state index is 0.181. The standard InChI is InChI=1S/C16H13F3N4OS/c17-16(18,19)11-24-14-8-6-12(7-9-14)10-25-15-20-21-22-23(15)13-4-2-1-3-5-13/h1-9H,10-11H2. The predicted octanol–water partition coefficient (Wildman–Crippen LogP) is 3.90. The van der Waals surface area contributed by atoms with Crippen LogP contribution in [0.15, 0.2) is 59.8 Å². The molecule has 1 aromatic heterocycles. The highest BCUT2D eigenvalue weighted by atomic mass is 32.2. The molecular weight excluding hydrogens is 353 g/mol. The molecule has 0 aliphatic carbocycles. The number of benzene rings is 2. The van der Waals surface area contributed by atoms with E-state index in [-0.39, 0.29) is 5.75 Å². The molecule has 130 valence electrons. The monoisotopic (exact) mass is 366 g/mol. The van der Waals surface area contributed by atoms with Crippen molar-refractivity contribution in [3.05, 3.63) is 60.2 Å². The van der Waals surface area contributed by atoms with Crippen LogP contribution in [0, 0.1) is 0 Å². The number of rotatable bonds is 6. The quantitative estimate of drug-likeness (QED) is 0.620. The van der Waals surface area contributed by atoms with Crippen LogP contribution in [0.1, 0.15) is 5.56 Å². The minimum Gasteiger partial charge on any atom is -0.484 e. The molecule has 0 saturated carbocycles. The van der Waals surface area contributed by atoms with E-state index in [2.05, 4.69) is 20.3 Å². The molecule has 0 N–H and O–H groups in total. The number of tetrazole rings is 1. The minimum atomic E-state index is -4.34. The third-order valence-corrected chi connectivity index (χ3v) is 4.13. The zero-order valence-corrected chi connectivity index (χ0v) is 13.7. The number of ether oxygens (including phenoxy) is 1. The maximum atomic E-state index is 12.1. The molecule has 0 aliphatic rings. The zero-order valence-electron chi connectivity index (χ0n) is 12.8. The van der Waals surface area contributed by atoms with Crippen LogP contribution < -0.4 is 4.74 Å². The molecule has 0 saturated heterocycles. The SMILES string of the molecule is FC(F)(F)COc1ccc(CSc2nnnn2-c2ccccc2)cc1. The number of hydrogen-bond acceptors (Lipinski definition) is 5. The van der Waals surface area contributed by atoms with E-state index >= 15 is 0 Å². The highest BCUT2D eigenvalue weighted by molar-refractivity contribution is 7.98. The van der Waals surface area contributed by atoms with Crippen molar-refractivity contribution in [2.45, 2.75) is 17.1 Å². The summed E-state index contributed by atoms with van der Waals surface area (Å²) < 4.78 is 42.7. The third-order valence-electron chi connectivity index (χ3n) is 3.14. The van der Waals surface area contributed by atoms with E-state index in [1.54, 1.807) is 16.8 Å². The van der Waals surface area contributed by atoms with Crippen LogP contribution in [0.2, 0.25) is 0 Å². The summed E-state index contributed by atoms with van der Waals surface area (Å²) >= 11 is 1.43. The Bertz CT molecular complexity index is 806. The highest BCUT2D eigenvalue weighted by Crippen LogP contribution is 2.24. The number of thioether (sulfide) groups is 1. The number of para-hydroxylation sites is 1. The molecule has 1 heterocycles. The van der Waals surface area contributed by atoms with Crippen LogP contribution >= 0.6 is 11.8 Å². The Labute approximate surface area is 145 Å². The van der Waals surface area contributed by atoms with Crippen LogP contribution in [-0.4, -0.2) is 33.0 Å². The average molecular weight is 366 g/mol. The smallest absolute Gasteiger partial charge is 0.422 e. The summed E-state index contributed by atoms with van der Waals surface area (Å²) in [5.74, 6) is 0.757. The summed E-state index contributed by atoms with van der Waals surface area (Å²) in [7, 11) is 0. The Morgan fingerprint density at radius 2 is 1.72 bits per heavy atom. The van der Waals surface area contributed by atoms with Gasteiger partial charge in [0, 0.05) is 5.75 Å². The summed E-state index contributed by atoms with van der Waals surface area (Å²) in [5, 5.41) is 12.3. The maximum absolute atomic E-state index is 12.1. The van der Waals surface area contributed by atoms with Gasteiger partial charge in [0.1, 0.15) is 5.75 Å². The average Bonchev–Trinajstić information content (AvgIpc) is 3.08. The molecule has 2 aromatic carbocycles. The number of halogens is 3. The summed E-state index contributed by atoms with van der Waals surface area (Å²) in [4.78, 5) is 0. The van der Waals surface area contributed by atoms with Crippen molar-refractivity contribution in [2.75, 3.05) is 6.61 Å². The Balaban J connectivity index is 1.60. The number of hydrogen-bond donors (Lipinski definition) is 0. The second-order valence-electron chi connectivity index (χ2n) is 5.05. The number of nitrogens with zero attached hydrogens (tertiary/aromatic N) is 4. The molecule has 0 aliphatic heterocycles. The fourth-order valence-corrected chi connectivity index (χ4v) is 2.84. The van der Waals surface area contributed by atoms with Crippen molar-refractivity contribution in [3.8, 4) is 11.4 Å². The molecule has 0 atom stereocenters. The molecule has 9 heteroatoms. The molecule has 0 unspecified atom stereocenters. The molecular formula is C16H13F3N4OS. The second kappa shape index (κ2) is 7.56. The molecule has 0 spiro atoms. The Hall–Kier alpha value is -2.55. The van der Waals surface area contributed by atoms with Crippen LogP contribution in [0.25, 0.3) is 5.69 Å². The fourth-order valence-electron chi connectivity index (χ4n) is 2.00. The highest BCUT2D eigenvalue weighted by Gasteiger charge is 2.28. The van der Waals surface area contributed by atoms with E-state index in [1.165, 1.54) is 23.9 Å². The van der Waals surface area contributed by atoms with Crippen LogP contribution in [-0.2, 0) is 5.75 Å². The van der Waals surface area contributed by atoms with Gasteiger partial charge in [-0.15, -0.1) is 5.10 Å². The van der Waals surface area contributed by atoms with Gasteiger partial charge in [0.2, 0.25) is 5.16 Å². The number of alkyl halides is 3. The van der Waals surface area contributed by atoms with E-state index < -0.39 is 12.8 Å². The van der Waals surface area contributed by atoms with Crippen molar-refractivity contribution < 1.29 is 17.9 Å². The van der Waals surface area contributed by atoms with Crippen molar-refractivity contribution >= 4 is 11.8 Å². The topological polar surface area (TPSA) is 52.8 Å². The van der Waals surface area contributed by atoms with Gasteiger partial charge >= 0.3 is 6.18 Å². The molecule has 0 fully saturated rings. The Kier molecular flexibility index (Phi) is 5.22. The van der Waals surface area contributed by atoms with Gasteiger partial charge in [0.05, 0.1) is 5.69 Å². The lowest BCUT2D eigenvalue weighted by Crippen LogP contribution is -2.19. The van der Waals surface area contributed by atoms with Crippen molar-refractivity contribution in [3.63, 3.8) is 0 Å². The third kappa shape index (κ3) is 4.96. The predicted molar refractivity (Wildman–Crippen MR) is 86.7 cm³/mol. The van der Waals surface area contributed by atoms with Gasteiger partial charge in [-0.25, -0.2) is 0 Å². The van der Waals surface area contributed by atoms with Gasteiger partial charge in [-0.05, 0) is 40.3 Å². The Morgan fingerprint density at radius 1 is 1.00 bits per heavy atom. The molecule has 3 aromatic rings. The van der Waals surface area contributed by atoms with Gasteiger partial charge in [-0.3, -0.25) is 0 Å². The van der Waals surface area contributed by atoms with Gasteiger partial charge < -0.3 is 4.74 Å². The second-order valence-corrected chi connectivity index (χ2v) is 5.99. The van der Waals surface area contributed by atoms with Gasteiger partial charge in [0.25, 0.3) is 0 Å². The summed E-state index contributed by atoms with van der Waals surface area (Å²) in [6.45, 7) is -1.30. The molecule has 3 rings (SSSR count). The van der Waals surface area contributed by atoms with Crippen LogP contribution in [0.5, 0.6) is 5.75 Å². The Morgan fingerprint density at radius 3 is 2.40 bits per heavy atom. The van der Waals surface area contributed by atoms with Gasteiger partial charge in [-0.1, -0.05) is 42.1 Å². The first-order valence-electron chi connectivity index (χ1n) is 7.26. The first-order valence-corrected chi connectivity index (χ1v) is 8.25. The lowest BCUT2D eigenvalue weighted by molar-refractivity contribution is -0.153. The maximum Gasteiger partial charge on any atom is 0.422 e. The molecule has 5 nitrogen and oxygen atoms in total. The zero-order chi connectivity index (χ0) is 17.7. The van der Waals surface area contributed by atoms with Crippen LogP contribution in [0.4, 0.5) is 13.2 Å². The largest absolute Gasteiger partial charge is 0.484 e. The van der Waals surface area contributed by atoms with Crippen molar-refractivity contribution in [2.24, 2.45) is 0 Å². The normalized spacial score (nSPS) is 11.5. The summed E-state index contributed by atoms with van der Waals surface area (Å²) in [6, 6.07) is 16.0. The van der Waals surface area contributed by atoms with E-state index in [0.29, 0.717) is 10.9 Å². The first kappa shape index (κ1) is 17.3. The fraction of sp³-hybridized carbons (Fsp3) is 0.188. The molecule has 25 heavy (non-hydrogen) atoms. The lowest BCUT2D eigenvalue weighted by atomic mass is 10.2. The summed E-state index contributed by atoms with van der Waals surface area (Å²) in [5.41, 5.74) is 1.78. The molecule has 0 amide bonds. The van der Waals surface area contributed by atoms with Crippen molar-refractivity contribution in [1.82, 2.24) is 20.2 Å². The first-order chi connectivity index (χ1) is 12.0. The van der Waals surface area contributed by atoms with Gasteiger partial charge in [-0.2, -0.15) is 17.9 Å². The molecule has 0 radical (unpaired) electrons. The van der Waals surface area contributed by atoms with Crippen LogP contribution in [0.3, 0.4) is 0 Å².